The number of hydrogen-bond donors (Lipinski definition) is 2. The number of hydrogen-bond acceptors (Lipinski definition) is 1. The van der Waals surface area contributed by atoms with E-state index in [2.05, 4.69) is 0 Å². The second-order valence-electron chi connectivity index (χ2n) is 0.283. The van der Waals surface area contributed by atoms with E-state index >= 15 is 0 Å². The molecule has 0 saturated carbocycles. The summed E-state index contributed by atoms with van der Waals surface area (Å²) >= 11 is 0. The van der Waals surface area contributed by atoms with Crippen molar-refractivity contribution in [1.82, 2.24) is 0 Å². The normalized spacial score (nSPS) is 4.80. The minimum absolute atomic E-state index is 0. The SMILES string of the molecule is O=C(O)O.[H+].[Mg+2]. The Bertz CT molecular complexity index is 33.8. The van der Waals surface area contributed by atoms with E-state index in [1.165, 1.54) is 0 Å². The zero-order chi connectivity index (χ0) is 3.58. The van der Waals surface area contributed by atoms with E-state index in [0.717, 1.165) is 0 Å². The van der Waals surface area contributed by atoms with E-state index in [1.54, 1.807) is 0 Å². The maximum absolute atomic E-state index is 8.56. The molecule has 0 atom stereocenters. The van der Waals surface area contributed by atoms with Gasteiger partial charge in [-0.25, -0.2) is 4.79 Å². The van der Waals surface area contributed by atoms with Gasteiger partial charge in [-0.15, -0.1) is 0 Å². The summed E-state index contributed by atoms with van der Waals surface area (Å²) in [5.74, 6) is 0. The zero-order valence-electron chi connectivity index (χ0n) is 3.51. The Morgan fingerprint density at radius 1 is 1.60 bits per heavy atom. The summed E-state index contributed by atoms with van der Waals surface area (Å²) in [6.45, 7) is 0. The largest absolute Gasteiger partial charge is 2.00 e. The summed E-state index contributed by atoms with van der Waals surface area (Å²) in [4.78, 5) is 8.56. The topological polar surface area (TPSA) is 57.5 Å². The van der Waals surface area contributed by atoms with E-state index in [0.29, 0.717) is 0 Å². The molecule has 0 amide bonds. The Balaban J connectivity index is -0.0000000450. The molecule has 0 aliphatic carbocycles. The fraction of sp³-hybridized carbons (Fsp3) is 0. The molecule has 0 bridgehead atoms. The van der Waals surface area contributed by atoms with Crippen LogP contribution in [0.1, 0.15) is 1.43 Å². The molecule has 4 heteroatoms. The molecule has 0 aromatic heterocycles. The van der Waals surface area contributed by atoms with Gasteiger partial charge >= 0.3 is 30.6 Å². The van der Waals surface area contributed by atoms with Crippen molar-refractivity contribution in [2.45, 2.75) is 0 Å². The minimum atomic E-state index is -1.83. The van der Waals surface area contributed by atoms with Crippen LogP contribution in [-0.2, 0) is 0 Å². The van der Waals surface area contributed by atoms with Gasteiger partial charge in [0, 0.05) is 0 Å². The third-order valence-corrected chi connectivity index (χ3v) is 0. The summed E-state index contributed by atoms with van der Waals surface area (Å²) in [6.07, 6.45) is -1.83. The van der Waals surface area contributed by atoms with Crippen molar-refractivity contribution in [1.29, 1.82) is 0 Å². The molecule has 3 nitrogen and oxygen atoms in total. The van der Waals surface area contributed by atoms with Crippen LogP contribution < -0.4 is 0 Å². The van der Waals surface area contributed by atoms with Crippen molar-refractivity contribution in [3.05, 3.63) is 0 Å². The van der Waals surface area contributed by atoms with Crippen molar-refractivity contribution in [2.75, 3.05) is 0 Å². The van der Waals surface area contributed by atoms with E-state index < -0.39 is 6.16 Å². The van der Waals surface area contributed by atoms with Gasteiger partial charge in [-0.1, -0.05) is 0 Å². The molecule has 0 rings (SSSR count). The van der Waals surface area contributed by atoms with E-state index in [9.17, 15) is 0 Å². The Hall–Kier alpha value is 0.0362. The van der Waals surface area contributed by atoms with Crippen molar-refractivity contribution >= 4 is 29.2 Å². The van der Waals surface area contributed by atoms with Gasteiger partial charge in [0.2, 0.25) is 0 Å². The molecule has 0 radical (unpaired) electrons. The van der Waals surface area contributed by atoms with Crippen LogP contribution in [0.25, 0.3) is 0 Å². The van der Waals surface area contributed by atoms with Crippen LogP contribution in [0, 0.1) is 0 Å². The second-order valence-corrected chi connectivity index (χ2v) is 0.283. The molecule has 5 heavy (non-hydrogen) atoms. The van der Waals surface area contributed by atoms with Crippen LogP contribution in [0.2, 0.25) is 0 Å². The molecule has 0 saturated heterocycles. The van der Waals surface area contributed by atoms with Crippen LogP contribution in [0.3, 0.4) is 0 Å². The Kier molecular flexibility index (Phi) is 7.18. The summed E-state index contributed by atoms with van der Waals surface area (Å²) < 4.78 is 0. The molecule has 24 valence electrons. The number of carboxylic acid groups (broad SMARTS) is 2. The van der Waals surface area contributed by atoms with Crippen LogP contribution in [0.5, 0.6) is 0 Å². The summed E-state index contributed by atoms with van der Waals surface area (Å²) in [5, 5.41) is 13.9. The molecule has 0 aliphatic heterocycles. The molecule has 0 fully saturated rings. The average Bonchev–Trinajstić information content (AvgIpc) is 0.811. The molecular formula is CH3MgO3+3. The van der Waals surface area contributed by atoms with Gasteiger partial charge < -0.3 is 10.2 Å². The van der Waals surface area contributed by atoms with Crippen LogP contribution in [0.4, 0.5) is 4.79 Å². The predicted molar refractivity (Wildman–Crippen MR) is 17.5 cm³/mol. The molecular weight excluding hydrogens is 84.3 g/mol. The van der Waals surface area contributed by atoms with E-state index in [4.69, 9.17) is 15.0 Å². The molecule has 0 aliphatic rings. The summed E-state index contributed by atoms with van der Waals surface area (Å²) in [5.41, 5.74) is 0. The molecule has 2 N–H and O–H groups in total. The van der Waals surface area contributed by atoms with E-state index in [-0.39, 0.29) is 24.5 Å². The molecule has 0 spiro atoms. The first kappa shape index (κ1) is 8.90. The fourth-order valence-corrected chi connectivity index (χ4v) is 0. The smallest absolute Gasteiger partial charge is 0.450 e. The molecule has 0 aromatic rings. The van der Waals surface area contributed by atoms with Gasteiger partial charge in [-0.2, -0.15) is 0 Å². The van der Waals surface area contributed by atoms with Crippen LogP contribution in [-0.4, -0.2) is 39.4 Å². The first-order valence-electron chi connectivity index (χ1n) is 0.651. The van der Waals surface area contributed by atoms with Crippen LogP contribution >= 0.6 is 0 Å². The first-order valence-corrected chi connectivity index (χ1v) is 0.651. The van der Waals surface area contributed by atoms with Gasteiger partial charge in [0.15, 0.2) is 0 Å². The monoisotopic (exact) mass is 87.0 g/mol. The van der Waals surface area contributed by atoms with Crippen LogP contribution in [0.15, 0.2) is 0 Å². The van der Waals surface area contributed by atoms with Crippen molar-refractivity contribution in [3.63, 3.8) is 0 Å². The van der Waals surface area contributed by atoms with Gasteiger partial charge in [-0.3, -0.25) is 0 Å². The van der Waals surface area contributed by atoms with Crippen molar-refractivity contribution < 1.29 is 16.4 Å². The molecule has 0 unspecified atom stereocenters. The fourth-order valence-electron chi connectivity index (χ4n) is 0. The maximum atomic E-state index is 8.56. The van der Waals surface area contributed by atoms with Gasteiger partial charge in [-0.05, 0) is 0 Å². The third kappa shape index (κ3) is 12700. The predicted octanol–water partition coefficient (Wildman–Crippen LogP) is -0.0459. The van der Waals surface area contributed by atoms with Crippen molar-refractivity contribution in [3.8, 4) is 0 Å². The summed E-state index contributed by atoms with van der Waals surface area (Å²) in [7, 11) is 0. The van der Waals surface area contributed by atoms with Gasteiger partial charge in [0.25, 0.3) is 0 Å². The minimum Gasteiger partial charge on any atom is -0.450 e. The van der Waals surface area contributed by atoms with E-state index in [1.807, 2.05) is 0 Å². The molecule has 0 heterocycles. The van der Waals surface area contributed by atoms with Gasteiger partial charge in [0.1, 0.15) is 0 Å². The third-order valence-electron chi connectivity index (χ3n) is 0. The van der Waals surface area contributed by atoms with Crippen molar-refractivity contribution in [2.24, 2.45) is 0 Å². The Morgan fingerprint density at radius 2 is 1.60 bits per heavy atom. The maximum Gasteiger partial charge on any atom is 2.00 e. The zero-order valence-corrected chi connectivity index (χ0v) is 3.92. The Labute approximate surface area is 46.2 Å². The Morgan fingerprint density at radius 3 is 1.60 bits per heavy atom. The summed E-state index contributed by atoms with van der Waals surface area (Å²) in [6, 6.07) is 0. The molecule has 0 aromatic carbocycles. The standard InChI is InChI=1S/CH2O3.Mg/c2-1(3)4;/h(H2,2,3,4);/q;+2/p+1. The number of rotatable bonds is 0. The second kappa shape index (κ2) is 4.04. The average molecular weight is 87.3 g/mol. The quantitative estimate of drug-likeness (QED) is 0.407. The van der Waals surface area contributed by atoms with Gasteiger partial charge in [0.05, 0.1) is 0 Å². The number of carbonyl (C=O) groups is 1. The first-order chi connectivity index (χ1) is 1.73.